The van der Waals surface area contributed by atoms with Gasteiger partial charge in [0.05, 0.1) is 11.4 Å². The highest BCUT2D eigenvalue weighted by atomic mass is 35.5. The average Bonchev–Trinajstić information content (AvgIpc) is 2.66. The molecule has 1 unspecified atom stereocenters. The van der Waals surface area contributed by atoms with E-state index in [9.17, 15) is 9.59 Å². The second kappa shape index (κ2) is 5.95. The molecule has 0 saturated carbocycles. The van der Waals surface area contributed by atoms with Gasteiger partial charge in [0.1, 0.15) is 5.41 Å². The standard InChI is InChI=1S/C19H19ClN2O2/c1-4-19(2)17(23)21(3)16-12-13(20)10-11-15(16)22(18(19)24)14-8-6-5-7-9-14/h5-12H,4H2,1-3H3. The van der Waals surface area contributed by atoms with E-state index in [2.05, 4.69) is 0 Å². The summed E-state index contributed by atoms with van der Waals surface area (Å²) in [6.07, 6.45) is 0.417. The van der Waals surface area contributed by atoms with E-state index in [4.69, 9.17) is 11.6 Å². The van der Waals surface area contributed by atoms with Gasteiger partial charge in [-0.15, -0.1) is 0 Å². The molecule has 5 heteroatoms. The van der Waals surface area contributed by atoms with Crippen molar-refractivity contribution in [3.8, 4) is 0 Å². The van der Waals surface area contributed by atoms with E-state index < -0.39 is 5.41 Å². The lowest BCUT2D eigenvalue weighted by Crippen LogP contribution is -2.47. The van der Waals surface area contributed by atoms with Crippen molar-refractivity contribution in [2.75, 3.05) is 16.8 Å². The fourth-order valence-electron chi connectivity index (χ4n) is 3.02. The van der Waals surface area contributed by atoms with Crippen molar-refractivity contribution in [1.82, 2.24) is 0 Å². The molecule has 2 amide bonds. The van der Waals surface area contributed by atoms with Gasteiger partial charge in [-0.25, -0.2) is 0 Å². The van der Waals surface area contributed by atoms with Crippen LogP contribution in [0.2, 0.25) is 5.02 Å². The van der Waals surface area contributed by atoms with Gasteiger partial charge in [-0.2, -0.15) is 0 Å². The summed E-state index contributed by atoms with van der Waals surface area (Å²) in [4.78, 5) is 29.5. The van der Waals surface area contributed by atoms with Crippen LogP contribution in [0.25, 0.3) is 0 Å². The van der Waals surface area contributed by atoms with Gasteiger partial charge in [0.25, 0.3) is 0 Å². The highest BCUT2D eigenvalue weighted by molar-refractivity contribution is 6.31. The summed E-state index contributed by atoms with van der Waals surface area (Å²) >= 11 is 6.14. The predicted molar refractivity (Wildman–Crippen MR) is 96.8 cm³/mol. The summed E-state index contributed by atoms with van der Waals surface area (Å²) in [5.74, 6) is -0.453. The third kappa shape index (κ3) is 2.38. The highest BCUT2D eigenvalue weighted by Crippen LogP contribution is 2.44. The number of benzene rings is 2. The lowest BCUT2D eigenvalue weighted by atomic mass is 9.84. The summed E-state index contributed by atoms with van der Waals surface area (Å²) in [5.41, 5.74) is 0.884. The molecule has 24 heavy (non-hydrogen) atoms. The first-order valence-corrected chi connectivity index (χ1v) is 8.25. The Balaban J connectivity index is 2.31. The van der Waals surface area contributed by atoms with Gasteiger partial charge in [-0.05, 0) is 43.7 Å². The van der Waals surface area contributed by atoms with Crippen LogP contribution >= 0.6 is 11.6 Å². The first-order valence-electron chi connectivity index (χ1n) is 7.87. The monoisotopic (exact) mass is 342 g/mol. The molecule has 0 fully saturated rings. The molecule has 2 aromatic carbocycles. The van der Waals surface area contributed by atoms with Crippen LogP contribution in [0, 0.1) is 5.41 Å². The van der Waals surface area contributed by atoms with Gasteiger partial charge in [0.15, 0.2) is 0 Å². The summed E-state index contributed by atoms with van der Waals surface area (Å²) in [5, 5.41) is 0.522. The normalized spacial score (nSPS) is 20.8. The Morgan fingerprint density at radius 3 is 2.29 bits per heavy atom. The third-order valence-corrected chi connectivity index (χ3v) is 4.95. The van der Waals surface area contributed by atoms with E-state index in [-0.39, 0.29) is 11.8 Å². The van der Waals surface area contributed by atoms with Crippen LogP contribution in [-0.4, -0.2) is 18.9 Å². The zero-order valence-corrected chi connectivity index (χ0v) is 14.7. The number of halogens is 1. The molecular formula is C19H19ClN2O2. The lowest BCUT2D eigenvalue weighted by molar-refractivity contribution is -0.138. The molecule has 4 nitrogen and oxygen atoms in total. The number of carbonyl (C=O) groups is 2. The van der Waals surface area contributed by atoms with Crippen molar-refractivity contribution in [2.45, 2.75) is 20.3 Å². The molecule has 1 atom stereocenters. The molecule has 124 valence electrons. The molecule has 0 aromatic heterocycles. The summed E-state index contributed by atoms with van der Waals surface area (Å²) in [6, 6.07) is 14.6. The van der Waals surface area contributed by atoms with Gasteiger partial charge in [0, 0.05) is 17.8 Å². The summed E-state index contributed by atoms with van der Waals surface area (Å²) < 4.78 is 0. The maximum absolute atomic E-state index is 13.3. The molecule has 0 radical (unpaired) electrons. The first kappa shape index (κ1) is 16.5. The number of fused-ring (bicyclic) bond motifs is 1. The third-order valence-electron chi connectivity index (χ3n) is 4.71. The van der Waals surface area contributed by atoms with Gasteiger partial charge >= 0.3 is 0 Å². The Morgan fingerprint density at radius 1 is 1.00 bits per heavy atom. The highest BCUT2D eigenvalue weighted by Gasteiger charge is 2.48. The Bertz CT molecular complexity index is 806. The Labute approximate surface area is 146 Å². The number of nitrogens with zero attached hydrogens (tertiary/aromatic N) is 2. The first-order chi connectivity index (χ1) is 11.4. The van der Waals surface area contributed by atoms with Gasteiger partial charge in [-0.3, -0.25) is 14.5 Å². The predicted octanol–water partition coefficient (Wildman–Crippen LogP) is 4.40. The van der Waals surface area contributed by atoms with Crippen molar-refractivity contribution in [2.24, 2.45) is 5.41 Å². The van der Waals surface area contributed by atoms with Crippen LogP contribution in [0.15, 0.2) is 48.5 Å². The van der Waals surface area contributed by atoms with Crippen LogP contribution in [0.4, 0.5) is 17.1 Å². The molecule has 0 aliphatic carbocycles. The molecule has 0 N–H and O–H groups in total. The molecule has 0 saturated heterocycles. The van der Waals surface area contributed by atoms with Crippen LogP contribution in [0.5, 0.6) is 0 Å². The van der Waals surface area contributed by atoms with E-state index in [0.717, 1.165) is 5.69 Å². The lowest BCUT2D eigenvalue weighted by Gasteiger charge is -2.30. The van der Waals surface area contributed by atoms with Gasteiger partial charge < -0.3 is 4.90 Å². The fourth-order valence-corrected chi connectivity index (χ4v) is 3.18. The minimum absolute atomic E-state index is 0.225. The summed E-state index contributed by atoms with van der Waals surface area (Å²) in [7, 11) is 1.69. The Morgan fingerprint density at radius 2 is 1.67 bits per heavy atom. The van der Waals surface area contributed by atoms with Crippen LogP contribution in [0.3, 0.4) is 0 Å². The summed E-state index contributed by atoms with van der Waals surface area (Å²) in [6.45, 7) is 3.56. The zero-order valence-electron chi connectivity index (χ0n) is 13.9. The molecule has 0 bridgehead atoms. The van der Waals surface area contributed by atoms with Crippen molar-refractivity contribution < 1.29 is 9.59 Å². The van der Waals surface area contributed by atoms with E-state index >= 15 is 0 Å². The van der Waals surface area contributed by atoms with Crippen LogP contribution in [-0.2, 0) is 9.59 Å². The van der Waals surface area contributed by atoms with Crippen molar-refractivity contribution in [3.05, 3.63) is 53.6 Å². The van der Waals surface area contributed by atoms with E-state index in [1.807, 2.05) is 37.3 Å². The molecule has 2 aromatic rings. The van der Waals surface area contributed by atoms with E-state index in [0.29, 0.717) is 22.8 Å². The van der Waals surface area contributed by atoms with Crippen molar-refractivity contribution in [3.63, 3.8) is 0 Å². The van der Waals surface area contributed by atoms with Crippen molar-refractivity contribution in [1.29, 1.82) is 0 Å². The smallest absolute Gasteiger partial charge is 0.247 e. The topological polar surface area (TPSA) is 40.6 Å². The molecule has 0 spiro atoms. The van der Waals surface area contributed by atoms with Gasteiger partial charge in [-0.1, -0.05) is 36.7 Å². The number of para-hydroxylation sites is 1. The number of carbonyl (C=O) groups excluding carboxylic acids is 2. The number of rotatable bonds is 2. The Hall–Kier alpha value is -2.33. The minimum Gasteiger partial charge on any atom is -0.313 e. The zero-order chi connectivity index (χ0) is 17.5. The molecule has 1 aliphatic heterocycles. The van der Waals surface area contributed by atoms with Crippen LogP contribution in [0.1, 0.15) is 20.3 Å². The number of hydrogen-bond donors (Lipinski definition) is 0. The van der Waals surface area contributed by atoms with E-state index in [1.165, 1.54) is 4.90 Å². The number of hydrogen-bond acceptors (Lipinski definition) is 2. The van der Waals surface area contributed by atoms with Crippen LogP contribution < -0.4 is 9.80 Å². The second-order valence-corrected chi connectivity index (χ2v) is 6.60. The average molecular weight is 343 g/mol. The maximum Gasteiger partial charge on any atom is 0.247 e. The molecule has 1 heterocycles. The maximum atomic E-state index is 13.3. The molecular weight excluding hydrogens is 324 g/mol. The number of amides is 2. The molecule has 3 rings (SSSR count). The Kier molecular flexibility index (Phi) is 4.10. The largest absolute Gasteiger partial charge is 0.313 e. The molecule has 1 aliphatic rings. The van der Waals surface area contributed by atoms with E-state index in [1.54, 1.807) is 37.1 Å². The quantitative estimate of drug-likeness (QED) is 0.759. The fraction of sp³-hybridized carbons (Fsp3) is 0.263. The SMILES string of the molecule is CCC1(C)C(=O)N(C)c2cc(Cl)ccc2N(c2ccccc2)C1=O. The van der Waals surface area contributed by atoms with Gasteiger partial charge in [0.2, 0.25) is 11.8 Å². The van der Waals surface area contributed by atoms with Crippen molar-refractivity contribution >= 4 is 40.5 Å². The number of anilines is 3. The minimum atomic E-state index is -1.13. The second-order valence-electron chi connectivity index (χ2n) is 6.16.